The minimum Gasteiger partial charge on any atom is -0.481 e. The predicted octanol–water partition coefficient (Wildman–Crippen LogP) is 3.69. The summed E-state index contributed by atoms with van der Waals surface area (Å²) in [7, 11) is 1.43. The van der Waals surface area contributed by atoms with Gasteiger partial charge in [0.1, 0.15) is 6.61 Å². The lowest BCUT2D eigenvalue weighted by atomic mass is 9.85. The summed E-state index contributed by atoms with van der Waals surface area (Å²) in [6.07, 6.45) is 1.63. The van der Waals surface area contributed by atoms with E-state index < -0.39 is 18.2 Å². The van der Waals surface area contributed by atoms with Gasteiger partial charge in [-0.05, 0) is 41.5 Å². The highest BCUT2D eigenvalue weighted by atomic mass is 16.5. The molecule has 4 rings (SSSR count). The van der Waals surface area contributed by atoms with Crippen LogP contribution in [0.25, 0.3) is 11.1 Å². The Bertz CT molecular complexity index is 1030. The van der Waals surface area contributed by atoms with Crippen molar-refractivity contribution in [3.8, 4) is 11.1 Å². The summed E-state index contributed by atoms with van der Waals surface area (Å²) in [4.78, 5) is 36.1. The van der Waals surface area contributed by atoms with Crippen molar-refractivity contribution in [1.82, 2.24) is 10.6 Å². The van der Waals surface area contributed by atoms with Crippen molar-refractivity contribution < 1.29 is 29.0 Å². The number of carbonyl (C=O) groups excluding carboxylic acids is 2. The Hall–Kier alpha value is -3.39. The van der Waals surface area contributed by atoms with Gasteiger partial charge in [0, 0.05) is 31.5 Å². The smallest absolute Gasteiger partial charge is 0.407 e. The van der Waals surface area contributed by atoms with Crippen LogP contribution < -0.4 is 10.6 Å². The number of methoxy groups -OCH3 is 1. The molecule has 0 saturated heterocycles. The maximum atomic E-state index is 12.6. The Labute approximate surface area is 205 Å². The van der Waals surface area contributed by atoms with Gasteiger partial charge in [-0.1, -0.05) is 55.0 Å². The van der Waals surface area contributed by atoms with Gasteiger partial charge in [0.2, 0.25) is 5.91 Å². The molecule has 35 heavy (non-hydrogen) atoms. The van der Waals surface area contributed by atoms with E-state index in [2.05, 4.69) is 34.9 Å². The highest BCUT2D eigenvalue weighted by Crippen LogP contribution is 2.44. The minimum atomic E-state index is -0.976. The first-order chi connectivity index (χ1) is 17.0. The van der Waals surface area contributed by atoms with E-state index in [1.54, 1.807) is 0 Å². The number of fused-ring (bicyclic) bond motifs is 3. The number of benzene rings is 2. The second kappa shape index (κ2) is 11.4. The van der Waals surface area contributed by atoms with Gasteiger partial charge in [0.25, 0.3) is 0 Å². The van der Waals surface area contributed by atoms with Gasteiger partial charge in [-0.25, -0.2) is 4.79 Å². The van der Waals surface area contributed by atoms with Gasteiger partial charge >= 0.3 is 12.1 Å². The van der Waals surface area contributed by atoms with Gasteiger partial charge in [-0.15, -0.1) is 0 Å². The molecule has 186 valence electrons. The standard InChI is InChI=1S/C27H32N2O6/c1-34-19(14-25(30)31)15-28-26(32)17-7-6-8-18(13-17)29-27(33)35-16-24-22-11-4-2-9-20(22)21-10-3-5-12-23(21)24/h2-5,9-12,17-19,24H,6-8,13-16H2,1H3,(H,28,32)(H,29,33)(H,30,31)/t17-,18+,19?/m1/s1. The topological polar surface area (TPSA) is 114 Å². The van der Waals surface area contributed by atoms with Gasteiger partial charge < -0.3 is 25.2 Å². The molecule has 2 aliphatic rings. The third kappa shape index (κ3) is 6.00. The second-order valence-corrected chi connectivity index (χ2v) is 9.23. The molecule has 0 radical (unpaired) electrons. The van der Waals surface area contributed by atoms with Crippen molar-refractivity contribution in [3.05, 3.63) is 59.7 Å². The van der Waals surface area contributed by atoms with Crippen LogP contribution in [-0.4, -0.2) is 55.5 Å². The zero-order chi connectivity index (χ0) is 24.8. The maximum Gasteiger partial charge on any atom is 0.407 e. The molecule has 8 nitrogen and oxygen atoms in total. The van der Waals surface area contributed by atoms with E-state index in [1.807, 2.05) is 24.3 Å². The highest BCUT2D eigenvalue weighted by molar-refractivity contribution is 5.80. The Morgan fingerprint density at radius 1 is 1.03 bits per heavy atom. The minimum absolute atomic E-state index is 0.00225. The molecule has 0 heterocycles. The highest BCUT2D eigenvalue weighted by Gasteiger charge is 2.31. The molecular weight excluding hydrogens is 448 g/mol. The van der Waals surface area contributed by atoms with E-state index in [9.17, 15) is 14.4 Å². The van der Waals surface area contributed by atoms with Crippen LogP contribution in [-0.2, 0) is 19.1 Å². The molecule has 3 N–H and O–H groups in total. The third-order valence-electron chi connectivity index (χ3n) is 6.95. The number of amides is 2. The number of rotatable bonds is 9. The number of hydrogen-bond acceptors (Lipinski definition) is 5. The first kappa shape index (κ1) is 24.7. The Morgan fingerprint density at radius 2 is 1.69 bits per heavy atom. The Morgan fingerprint density at radius 3 is 2.31 bits per heavy atom. The number of hydrogen-bond donors (Lipinski definition) is 3. The van der Waals surface area contributed by atoms with Crippen LogP contribution in [0.15, 0.2) is 48.5 Å². The van der Waals surface area contributed by atoms with E-state index >= 15 is 0 Å². The third-order valence-corrected chi connectivity index (χ3v) is 6.95. The number of carbonyl (C=O) groups is 3. The normalized spacial score (nSPS) is 19.8. The average Bonchev–Trinajstić information content (AvgIpc) is 3.18. The molecule has 8 heteroatoms. The summed E-state index contributed by atoms with van der Waals surface area (Å²) in [6.45, 7) is 0.390. The summed E-state index contributed by atoms with van der Waals surface area (Å²) >= 11 is 0. The summed E-state index contributed by atoms with van der Waals surface area (Å²) in [5, 5.41) is 14.6. The summed E-state index contributed by atoms with van der Waals surface area (Å²) in [5.74, 6) is -1.37. The number of aliphatic carboxylic acids is 1. The number of nitrogens with one attached hydrogen (secondary N) is 2. The predicted molar refractivity (Wildman–Crippen MR) is 130 cm³/mol. The van der Waals surface area contributed by atoms with Gasteiger partial charge in [-0.3, -0.25) is 9.59 Å². The van der Waals surface area contributed by atoms with Gasteiger partial charge in [0.15, 0.2) is 0 Å². The van der Waals surface area contributed by atoms with E-state index in [0.29, 0.717) is 6.42 Å². The molecule has 2 aromatic carbocycles. The lowest BCUT2D eigenvalue weighted by Crippen LogP contribution is -2.44. The zero-order valence-electron chi connectivity index (χ0n) is 19.9. The molecule has 3 atom stereocenters. The fraction of sp³-hybridized carbons (Fsp3) is 0.444. The number of alkyl carbamates (subject to hydrolysis) is 1. The van der Waals surface area contributed by atoms with Crippen molar-refractivity contribution in [2.75, 3.05) is 20.3 Å². The first-order valence-electron chi connectivity index (χ1n) is 12.1. The monoisotopic (exact) mass is 480 g/mol. The molecule has 2 amide bonds. The number of ether oxygens (including phenoxy) is 2. The molecule has 2 aromatic rings. The van der Waals surface area contributed by atoms with E-state index in [-0.39, 0.29) is 43.4 Å². The van der Waals surface area contributed by atoms with Crippen LogP contribution in [0.5, 0.6) is 0 Å². The average molecular weight is 481 g/mol. The van der Waals surface area contributed by atoms with E-state index in [1.165, 1.54) is 18.2 Å². The summed E-state index contributed by atoms with van der Waals surface area (Å²) in [5.41, 5.74) is 4.68. The lowest BCUT2D eigenvalue weighted by molar-refractivity contribution is -0.140. The van der Waals surface area contributed by atoms with Crippen molar-refractivity contribution in [1.29, 1.82) is 0 Å². The van der Waals surface area contributed by atoms with Crippen molar-refractivity contribution in [2.24, 2.45) is 5.92 Å². The molecule has 1 unspecified atom stereocenters. The lowest BCUT2D eigenvalue weighted by Gasteiger charge is -2.29. The fourth-order valence-corrected chi connectivity index (χ4v) is 5.16. The molecular formula is C27H32N2O6. The Balaban J connectivity index is 1.27. The second-order valence-electron chi connectivity index (χ2n) is 9.23. The fourth-order valence-electron chi connectivity index (χ4n) is 5.16. The summed E-state index contributed by atoms with van der Waals surface area (Å²) < 4.78 is 10.8. The molecule has 0 spiro atoms. The van der Waals surface area contributed by atoms with Crippen molar-refractivity contribution in [2.45, 2.75) is 50.2 Å². The number of carboxylic acid groups (broad SMARTS) is 1. The molecule has 1 saturated carbocycles. The molecule has 2 aliphatic carbocycles. The maximum absolute atomic E-state index is 12.6. The first-order valence-corrected chi connectivity index (χ1v) is 12.1. The van der Waals surface area contributed by atoms with Crippen LogP contribution in [0.1, 0.15) is 49.1 Å². The molecule has 0 aromatic heterocycles. The molecule has 0 aliphatic heterocycles. The summed E-state index contributed by atoms with van der Waals surface area (Å²) in [6, 6.07) is 16.2. The Kier molecular flexibility index (Phi) is 8.02. The van der Waals surface area contributed by atoms with E-state index in [4.69, 9.17) is 14.6 Å². The van der Waals surface area contributed by atoms with Crippen molar-refractivity contribution >= 4 is 18.0 Å². The van der Waals surface area contributed by atoms with Crippen LogP contribution in [0.3, 0.4) is 0 Å². The van der Waals surface area contributed by atoms with Crippen molar-refractivity contribution in [3.63, 3.8) is 0 Å². The van der Waals surface area contributed by atoms with Crippen LogP contribution in [0, 0.1) is 5.92 Å². The SMILES string of the molecule is COC(CNC(=O)[C@@H]1CCC[C@H](NC(=O)OCC2c3ccccc3-c3ccccc32)C1)CC(=O)O. The van der Waals surface area contributed by atoms with Crippen LogP contribution in [0.4, 0.5) is 4.79 Å². The van der Waals surface area contributed by atoms with Crippen LogP contribution in [0.2, 0.25) is 0 Å². The largest absolute Gasteiger partial charge is 0.481 e. The van der Waals surface area contributed by atoms with Gasteiger partial charge in [0.05, 0.1) is 12.5 Å². The quantitative estimate of drug-likeness (QED) is 0.504. The van der Waals surface area contributed by atoms with E-state index in [0.717, 1.165) is 30.4 Å². The van der Waals surface area contributed by atoms with Gasteiger partial charge in [-0.2, -0.15) is 0 Å². The number of carboxylic acids is 1. The van der Waals surface area contributed by atoms with Crippen LogP contribution >= 0.6 is 0 Å². The zero-order valence-corrected chi connectivity index (χ0v) is 19.9. The molecule has 0 bridgehead atoms. The molecule has 1 fully saturated rings.